The Morgan fingerprint density at radius 1 is 1.00 bits per heavy atom. The average molecular weight is 558 g/mol. The fourth-order valence-corrected chi connectivity index (χ4v) is 4.95. The SMILES string of the molecule is Cc1ccc2nc(N3C(=O)C(=O)/C(=C(/O)c4ccc(Br)c(C)c4)C3c3ccc(C(C)(C)C)cc3)[nH]c2c1. The summed E-state index contributed by atoms with van der Waals surface area (Å²) in [4.78, 5) is 36.2. The van der Waals surface area contributed by atoms with E-state index in [0.29, 0.717) is 16.6 Å². The monoisotopic (exact) mass is 557 g/mol. The molecular formula is C30H28BrN3O3. The van der Waals surface area contributed by atoms with Gasteiger partial charge in [0.05, 0.1) is 22.6 Å². The van der Waals surface area contributed by atoms with Gasteiger partial charge in [-0.2, -0.15) is 0 Å². The lowest BCUT2D eigenvalue weighted by molar-refractivity contribution is -0.132. The number of anilines is 1. The molecule has 7 heteroatoms. The van der Waals surface area contributed by atoms with E-state index in [1.165, 1.54) is 4.90 Å². The first kappa shape index (κ1) is 25.0. The number of rotatable bonds is 3. The third-order valence-corrected chi connectivity index (χ3v) is 7.71. The molecule has 6 nitrogen and oxygen atoms in total. The van der Waals surface area contributed by atoms with E-state index in [9.17, 15) is 14.7 Å². The number of benzene rings is 3. The van der Waals surface area contributed by atoms with Crippen molar-refractivity contribution in [2.24, 2.45) is 0 Å². The number of fused-ring (bicyclic) bond motifs is 1. The van der Waals surface area contributed by atoms with Crippen LogP contribution in [-0.2, 0) is 15.0 Å². The molecule has 1 saturated heterocycles. The molecule has 0 radical (unpaired) electrons. The largest absolute Gasteiger partial charge is 0.507 e. The van der Waals surface area contributed by atoms with Gasteiger partial charge in [-0.25, -0.2) is 4.98 Å². The normalized spacial score (nSPS) is 17.7. The van der Waals surface area contributed by atoms with E-state index in [-0.39, 0.29) is 22.7 Å². The Labute approximate surface area is 224 Å². The Balaban J connectivity index is 1.72. The van der Waals surface area contributed by atoms with E-state index < -0.39 is 17.7 Å². The number of imidazole rings is 1. The number of aliphatic hydroxyl groups excluding tert-OH is 1. The molecule has 0 saturated carbocycles. The van der Waals surface area contributed by atoms with Gasteiger partial charge in [0.1, 0.15) is 5.76 Å². The number of ketones is 1. The number of amides is 1. The highest BCUT2D eigenvalue weighted by Gasteiger charge is 2.48. The first-order valence-corrected chi connectivity index (χ1v) is 12.9. The van der Waals surface area contributed by atoms with E-state index in [1.54, 1.807) is 12.1 Å². The van der Waals surface area contributed by atoms with Crippen LogP contribution in [0.2, 0.25) is 0 Å². The van der Waals surface area contributed by atoms with Crippen molar-refractivity contribution in [3.05, 3.63) is 98.5 Å². The zero-order chi connectivity index (χ0) is 26.6. The zero-order valence-electron chi connectivity index (χ0n) is 21.4. The van der Waals surface area contributed by atoms with Gasteiger partial charge in [0.15, 0.2) is 0 Å². The molecule has 1 aliphatic rings. The Hall–Kier alpha value is -3.71. The van der Waals surface area contributed by atoms with Crippen LogP contribution in [0.15, 0.2) is 70.7 Å². The number of aliphatic hydroxyl groups is 1. The Morgan fingerprint density at radius 2 is 1.70 bits per heavy atom. The number of hydrogen-bond acceptors (Lipinski definition) is 4. The van der Waals surface area contributed by atoms with Crippen molar-refractivity contribution in [1.82, 2.24) is 9.97 Å². The fourth-order valence-electron chi connectivity index (χ4n) is 4.70. The molecular weight excluding hydrogens is 530 g/mol. The molecule has 0 bridgehead atoms. The highest BCUT2D eigenvalue weighted by atomic mass is 79.9. The number of nitrogens with zero attached hydrogens (tertiary/aromatic N) is 2. The lowest BCUT2D eigenvalue weighted by Crippen LogP contribution is -2.30. The lowest BCUT2D eigenvalue weighted by Gasteiger charge is -2.25. The number of halogens is 1. The second-order valence-corrected chi connectivity index (χ2v) is 11.4. The zero-order valence-corrected chi connectivity index (χ0v) is 23.0. The smallest absolute Gasteiger partial charge is 0.302 e. The van der Waals surface area contributed by atoms with Crippen molar-refractivity contribution in [2.45, 2.75) is 46.1 Å². The minimum Gasteiger partial charge on any atom is -0.507 e. The van der Waals surface area contributed by atoms with Crippen LogP contribution < -0.4 is 4.90 Å². The lowest BCUT2D eigenvalue weighted by atomic mass is 9.85. The van der Waals surface area contributed by atoms with Gasteiger partial charge in [0, 0.05) is 10.0 Å². The topological polar surface area (TPSA) is 86.3 Å². The summed E-state index contributed by atoms with van der Waals surface area (Å²) >= 11 is 3.48. The highest BCUT2D eigenvalue weighted by molar-refractivity contribution is 9.10. The highest BCUT2D eigenvalue weighted by Crippen LogP contribution is 2.42. The summed E-state index contributed by atoms with van der Waals surface area (Å²) in [5, 5.41) is 11.4. The summed E-state index contributed by atoms with van der Waals surface area (Å²) < 4.78 is 0.886. The number of hydrogen-bond donors (Lipinski definition) is 2. The molecule has 4 aromatic rings. The number of aromatic amines is 1. The first-order chi connectivity index (χ1) is 17.5. The van der Waals surface area contributed by atoms with Crippen LogP contribution in [0.25, 0.3) is 16.8 Å². The fraction of sp³-hybridized carbons (Fsp3) is 0.233. The van der Waals surface area contributed by atoms with E-state index in [1.807, 2.05) is 62.4 Å². The number of aryl methyl sites for hydroxylation is 2. The van der Waals surface area contributed by atoms with E-state index in [2.05, 4.69) is 46.7 Å². The van der Waals surface area contributed by atoms with Gasteiger partial charge in [0.2, 0.25) is 5.95 Å². The minimum atomic E-state index is -0.848. The van der Waals surface area contributed by atoms with Gasteiger partial charge in [-0.1, -0.05) is 73.1 Å². The van der Waals surface area contributed by atoms with Crippen LogP contribution in [0.5, 0.6) is 0 Å². The average Bonchev–Trinajstić information content (AvgIpc) is 3.37. The molecule has 3 aromatic carbocycles. The van der Waals surface area contributed by atoms with E-state index >= 15 is 0 Å². The number of carbonyl (C=O) groups is 2. The predicted molar refractivity (Wildman–Crippen MR) is 150 cm³/mol. The van der Waals surface area contributed by atoms with Gasteiger partial charge in [0.25, 0.3) is 5.78 Å². The molecule has 5 rings (SSSR count). The number of Topliss-reactive ketones (excluding diaryl/α,β-unsaturated/α-hetero) is 1. The summed E-state index contributed by atoms with van der Waals surface area (Å²) in [7, 11) is 0. The first-order valence-electron chi connectivity index (χ1n) is 12.1. The van der Waals surface area contributed by atoms with Crippen molar-refractivity contribution in [3.8, 4) is 0 Å². The predicted octanol–water partition coefficient (Wildman–Crippen LogP) is 6.87. The molecule has 0 aliphatic carbocycles. The number of nitrogens with one attached hydrogen (secondary N) is 1. The molecule has 1 aromatic heterocycles. The van der Waals surface area contributed by atoms with Crippen LogP contribution in [0.4, 0.5) is 5.95 Å². The van der Waals surface area contributed by atoms with Crippen molar-refractivity contribution >= 4 is 50.4 Å². The van der Waals surface area contributed by atoms with Crippen LogP contribution >= 0.6 is 15.9 Å². The number of H-pyrrole nitrogens is 1. The van der Waals surface area contributed by atoms with Gasteiger partial charge in [-0.3, -0.25) is 14.5 Å². The molecule has 2 N–H and O–H groups in total. The molecule has 37 heavy (non-hydrogen) atoms. The van der Waals surface area contributed by atoms with Crippen molar-refractivity contribution < 1.29 is 14.7 Å². The molecule has 1 aliphatic heterocycles. The number of aromatic nitrogens is 2. The second-order valence-electron chi connectivity index (χ2n) is 10.6. The van der Waals surface area contributed by atoms with E-state index in [4.69, 9.17) is 0 Å². The third-order valence-electron chi connectivity index (χ3n) is 6.82. The Morgan fingerprint density at radius 3 is 2.35 bits per heavy atom. The molecule has 0 spiro atoms. The number of carbonyl (C=O) groups excluding carboxylic acids is 2. The maximum absolute atomic E-state index is 13.5. The van der Waals surface area contributed by atoms with Gasteiger partial charge in [-0.15, -0.1) is 0 Å². The maximum Gasteiger partial charge on any atom is 0.302 e. The Bertz CT molecular complexity index is 1590. The van der Waals surface area contributed by atoms with Gasteiger partial charge in [-0.05, 0) is 65.8 Å². The molecule has 1 unspecified atom stereocenters. The van der Waals surface area contributed by atoms with Crippen LogP contribution in [0, 0.1) is 13.8 Å². The van der Waals surface area contributed by atoms with Crippen molar-refractivity contribution in [1.29, 1.82) is 0 Å². The molecule has 1 amide bonds. The Kier molecular flexibility index (Phi) is 6.07. The minimum absolute atomic E-state index is 0.0341. The summed E-state index contributed by atoms with van der Waals surface area (Å²) in [6, 6.07) is 18.1. The van der Waals surface area contributed by atoms with Crippen LogP contribution in [0.1, 0.15) is 54.6 Å². The van der Waals surface area contributed by atoms with Gasteiger partial charge < -0.3 is 10.1 Å². The summed E-state index contributed by atoms with van der Waals surface area (Å²) in [6.07, 6.45) is 0. The molecule has 1 fully saturated rings. The van der Waals surface area contributed by atoms with E-state index in [0.717, 1.165) is 26.7 Å². The quantitative estimate of drug-likeness (QED) is 0.163. The maximum atomic E-state index is 13.5. The van der Waals surface area contributed by atoms with Crippen molar-refractivity contribution in [2.75, 3.05) is 4.90 Å². The third kappa shape index (κ3) is 4.37. The second kappa shape index (κ2) is 8.99. The standard InChI is InChI=1S/C30H28BrN3O3/c1-16-6-13-22-23(14-16)33-29(32-22)34-25(18-7-10-20(11-8-18)30(3,4)5)24(27(36)28(34)37)26(35)19-9-12-21(31)17(2)15-19/h6-15,25,35H,1-5H3,(H,32,33)/b26-24+. The van der Waals surface area contributed by atoms with Gasteiger partial charge >= 0.3 is 5.91 Å². The summed E-state index contributed by atoms with van der Waals surface area (Å²) in [6.45, 7) is 10.3. The van der Waals surface area contributed by atoms with Crippen LogP contribution in [-0.4, -0.2) is 26.8 Å². The molecule has 2 heterocycles. The van der Waals surface area contributed by atoms with Crippen molar-refractivity contribution in [3.63, 3.8) is 0 Å². The summed E-state index contributed by atoms with van der Waals surface area (Å²) in [5.74, 6) is -1.44. The molecule has 1 atom stereocenters. The van der Waals surface area contributed by atoms with Crippen LogP contribution in [0.3, 0.4) is 0 Å². The molecule has 188 valence electrons. The summed E-state index contributed by atoms with van der Waals surface area (Å²) in [5.41, 5.74) is 5.67.